The highest BCUT2D eigenvalue weighted by atomic mass is 16.5. The first-order valence-electron chi connectivity index (χ1n) is 8.71. The Morgan fingerprint density at radius 1 is 1.05 bits per heavy atom. The Hall–Kier alpha value is -0.120. The van der Waals surface area contributed by atoms with Gasteiger partial charge in [0.25, 0.3) is 0 Å². The van der Waals surface area contributed by atoms with Gasteiger partial charge < -0.3 is 10.1 Å². The smallest absolute Gasteiger partial charge is 0.0499 e. The molecule has 20 heavy (non-hydrogen) atoms. The third-order valence-corrected chi connectivity index (χ3v) is 5.21. The molecule has 1 aliphatic carbocycles. The fraction of sp³-hybridized carbons (Fsp3) is 1.00. The van der Waals surface area contributed by atoms with Crippen LogP contribution >= 0.6 is 0 Å². The van der Waals surface area contributed by atoms with Crippen LogP contribution in [0.4, 0.5) is 0 Å². The van der Waals surface area contributed by atoms with Gasteiger partial charge in [-0.15, -0.1) is 0 Å². The Labute approximate surface area is 125 Å². The van der Waals surface area contributed by atoms with Crippen molar-refractivity contribution in [3.63, 3.8) is 0 Å². The van der Waals surface area contributed by atoms with Crippen molar-refractivity contribution in [3.8, 4) is 0 Å². The van der Waals surface area contributed by atoms with E-state index in [4.69, 9.17) is 4.74 Å². The molecule has 0 amide bonds. The number of piperidine rings is 1. The second-order valence-corrected chi connectivity index (χ2v) is 7.02. The molecule has 2 fully saturated rings. The molecule has 118 valence electrons. The summed E-state index contributed by atoms with van der Waals surface area (Å²) in [6.07, 6.45) is 11.3. The van der Waals surface area contributed by atoms with Crippen molar-refractivity contribution in [2.45, 2.75) is 63.8 Å². The number of ether oxygens (including phenoxy) is 1. The Bertz CT molecular complexity index is 258. The van der Waals surface area contributed by atoms with Gasteiger partial charge in [0.05, 0.1) is 0 Å². The molecule has 1 saturated carbocycles. The Morgan fingerprint density at radius 3 is 2.35 bits per heavy atom. The van der Waals surface area contributed by atoms with Gasteiger partial charge in [0.1, 0.15) is 0 Å². The lowest BCUT2D eigenvalue weighted by atomic mass is 9.79. The number of rotatable bonds is 7. The van der Waals surface area contributed by atoms with Crippen molar-refractivity contribution in [2.75, 3.05) is 39.9 Å². The number of likely N-dealkylation sites (tertiary alicyclic amines) is 1. The maximum Gasteiger partial charge on any atom is 0.0499 e. The van der Waals surface area contributed by atoms with Gasteiger partial charge >= 0.3 is 0 Å². The quantitative estimate of drug-likeness (QED) is 0.777. The Morgan fingerprint density at radius 2 is 1.70 bits per heavy atom. The molecule has 2 aliphatic rings. The molecule has 3 nitrogen and oxygen atoms in total. The van der Waals surface area contributed by atoms with Gasteiger partial charge in [-0.3, -0.25) is 4.90 Å². The maximum atomic E-state index is 5.24. The van der Waals surface area contributed by atoms with Crippen LogP contribution in [0.5, 0.6) is 0 Å². The zero-order chi connectivity index (χ0) is 14.3. The molecule has 0 aromatic rings. The molecular formula is C17H34N2O. The minimum Gasteiger partial charge on any atom is -0.384 e. The molecular weight excluding hydrogens is 248 g/mol. The Balaban J connectivity index is 1.85. The fourth-order valence-electron chi connectivity index (χ4n) is 4.08. The highest BCUT2D eigenvalue weighted by Gasteiger charge is 2.37. The lowest BCUT2D eigenvalue weighted by molar-refractivity contribution is 0.0322. The molecule has 1 aliphatic heterocycles. The molecule has 1 atom stereocenters. The summed E-state index contributed by atoms with van der Waals surface area (Å²) in [6, 6.07) is 0. The third-order valence-electron chi connectivity index (χ3n) is 5.21. The van der Waals surface area contributed by atoms with Crippen LogP contribution in [0.1, 0.15) is 58.3 Å². The maximum absolute atomic E-state index is 5.24. The van der Waals surface area contributed by atoms with Crippen molar-refractivity contribution >= 4 is 0 Å². The minimum atomic E-state index is 0.464. The molecule has 1 N–H and O–H groups in total. The van der Waals surface area contributed by atoms with Crippen molar-refractivity contribution in [1.29, 1.82) is 0 Å². The summed E-state index contributed by atoms with van der Waals surface area (Å²) in [6.45, 7) is 8.06. The molecule has 1 unspecified atom stereocenters. The van der Waals surface area contributed by atoms with E-state index in [1.807, 2.05) is 0 Å². The molecule has 1 saturated heterocycles. The normalized spacial score (nSPS) is 25.5. The van der Waals surface area contributed by atoms with E-state index in [0.29, 0.717) is 11.5 Å². The van der Waals surface area contributed by atoms with Crippen molar-refractivity contribution in [2.24, 2.45) is 5.92 Å². The van der Waals surface area contributed by atoms with Crippen molar-refractivity contribution in [1.82, 2.24) is 10.2 Å². The van der Waals surface area contributed by atoms with E-state index in [-0.39, 0.29) is 0 Å². The highest BCUT2D eigenvalue weighted by molar-refractivity contribution is 4.96. The van der Waals surface area contributed by atoms with Gasteiger partial charge in [-0.05, 0) is 51.2 Å². The number of nitrogens with zero attached hydrogens (tertiary/aromatic N) is 1. The SMILES string of the molecule is COCC(C)CNCC1(N2CCCCC2)CCCCC1. The molecule has 0 bridgehead atoms. The minimum absolute atomic E-state index is 0.464. The number of nitrogens with one attached hydrogen (secondary N) is 1. The van der Waals surface area contributed by atoms with Gasteiger partial charge in [-0.25, -0.2) is 0 Å². The zero-order valence-corrected chi connectivity index (χ0v) is 13.6. The van der Waals surface area contributed by atoms with E-state index in [2.05, 4.69) is 17.1 Å². The van der Waals surface area contributed by atoms with Crippen LogP contribution in [-0.4, -0.2) is 50.3 Å². The lowest BCUT2D eigenvalue weighted by Gasteiger charge is -2.48. The second kappa shape index (κ2) is 8.35. The van der Waals surface area contributed by atoms with Gasteiger partial charge in [0, 0.05) is 25.8 Å². The van der Waals surface area contributed by atoms with E-state index in [1.54, 1.807) is 7.11 Å². The summed E-state index contributed by atoms with van der Waals surface area (Å²) in [5.74, 6) is 0.613. The summed E-state index contributed by atoms with van der Waals surface area (Å²) in [5, 5.41) is 3.76. The summed E-state index contributed by atoms with van der Waals surface area (Å²) in [7, 11) is 1.80. The van der Waals surface area contributed by atoms with Gasteiger partial charge in [0.2, 0.25) is 0 Å². The average Bonchev–Trinajstić information content (AvgIpc) is 2.49. The Kier molecular flexibility index (Phi) is 6.79. The van der Waals surface area contributed by atoms with E-state index in [1.165, 1.54) is 71.0 Å². The fourth-order valence-corrected chi connectivity index (χ4v) is 4.08. The van der Waals surface area contributed by atoms with Gasteiger partial charge in [-0.2, -0.15) is 0 Å². The van der Waals surface area contributed by atoms with Crippen LogP contribution in [0.3, 0.4) is 0 Å². The first-order valence-corrected chi connectivity index (χ1v) is 8.71. The zero-order valence-electron chi connectivity index (χ0n) is 13.6. The molecule has 0 aromatic heterocycles. The molecule has 0 aromatic carbocycles. The highest BCUT2D eigenvalue weighted by Crippen LogP contribution is 2.35. The molecule has 1 heterocycles. The summed E-state index contributed by atoms with van der Waals surface area (Å²) < 4.78 is 5.24. The predicted octanol–water partition coefficient (Wildman–Crippen LogP) is 3.05. The number of hydrogen-bond acceptors (Lipinski definition) is 3. The average molecular weight is 282 g/mol. The van der Waals surface area contributed by atoms with Gasteiger partial charge in [0.15, 0.2) is 0 Å². The van der Waals surface area contributed by atoms with Crippen LogP contribution in [0.15, 0.2) is 0 Å². The van der Waals surface area contributed by atoms with E-state index < -0.39 is 0 Å². The molecule has 2 rings (SSSR count). The van der Waals surface area contributed by atoms with Crippen LogP contribution in [0, 0.1) is 5.92 Å². The lowest BCUT2D eigenvalue weighted by Crippen LogP contribution is -2.57. The monoisotopic (exact) mass is 282 g/mol. The molecule has 0 spiro atoms. The topological polar surface area (TPSA) is 24.5 Å². The van der Waals surface area contributed by atoms with Gasteiger partial charge in [-0.1, -0.05) is 32.6 Å². The largest absolute Gasteiger partial charge is 0.384 e. The van der Waals surface area contributed by atoms with Crippen molar-refractivity contribution < 1.29 is 4.74 Å². The second-order valence-electron chi connectivity index (χ2n) is 7.02. The first kappa shape index (κ1) is 16.3. The van der Waals surface area contributed by atoms with E-state index >= 15 is 0 Å². The van der Waals surface area contributed by atoms with Crippen molar-refractivity contribution in [3.05, 3.63) is 0 Å². The molecule has 0 radical (unpaired) electrons. The summed E-state index contributed by atoms with van der Waals surface area (Å²) >= 11 is 0. The molecule has 3 heteroatoms. The summed E-state index contributed by atoms with van der Waals surface area (Å²) in [5.41, 5.74) is 0.464. The standard InChI is InChI=1S/C17H34N2O/c1-16(14-20-2)13-18-15-17(9-5-3-6-10-17)19-11-7-4-8-12-19/h16,18H,3-15H2,1-2H3. The number of hydrogen-bond donors (Lipinski definition) is 1. The van der Waals surface area contributed by atoms with Crippen LogP contribution < -0.4 is 5.32 Å². The van der Waals surface area contributed by atoms with Crippen LogP contribution in [-0.2, 0) is 4.74 Å². The predicted molar refractivity (Wildman–Crippen MR) is 85.1 cm³/mol. The van der Waals surface area contributed by atoms with E-state index in [0.717, 1.165) is 13.2 Å². The van der Waals surface area contributed by atoms with Crippen LogP contribution in [0.25, 0.3) is 0 Å². The first-order chi connectivity index (χ1) is 9.77. The number of methoxy groups -OCH3 is 1. The third kappa shape index (κ3) is 4.44. The van der Waals surface area contributed by atoms with Crippen LogP contribution in [0.2, 0.25) is 0 Å². The van der Waals surface area contributed by atoms with E-state index in [9.17, 15) is 0 Å². The summed E-state index contributed by atoms with van der Waals surface area (Å²) in [4.78, 5) is 2.82.